The maximum Gasteiger partial charge on any atom is 0.0967 e. The molecular formula is C14H21N7. The third kappa shape index (κ3) is 4.13. The van der Waals surface area contributed by atoms with Gasteiger partial charge in [-0.25, -0.2) is 4.68 Å². The van der Waals surface area contributed by atoms with Crippen LogP contribution < -0.4 is 0 Å². The summed E-state index contributed by atoms with van der Waals surface area (Å²) in [6, 6.07) is 0. The lowest BCUT2D eigenvalue weighted by molar-refractivity contribution is 0.283. The van der Waals surface area contributed by atoms with E-state index in [2.05, 4.69) is 52.2 Å². The van der Waals surface area contributed by atoms with E-state index in [1.54, 1.807) is 4.68 Å². The van der Waals surface area contributed by atoms with Crippen molar-refractivity contribution in [2.45, 2.75) is 39.4 Å². The van der Waals surface area contributed by atoms with Gasteiger partial charge in [-0.1, -0.05) is 16.3 Å². The third-order valence-electron chi connectivity index (χ3n) is 2.96. The Balaban J connectivity index is 2.06. The van der Waals surface area contributed by atoms with Crippen LogP contribution in [0.1, 0.15) is 32.2 Å². The van der Waals surface area contributed by atoms with Crippen molar-refractivity contribution in [3.8, 4) is 12.3 Å². The van der Waals surface area contributed by atoms with E-state index in [4.69, 9.17) is 6.42 Å². The molecule has 0 atom stereocenters. The van der Waals surface area contributed by atoms with Crippen LogP contribution in [0, 0.1) is 12.3 Å². The molecule has 0 bridgehead atoms. The van der Waals surface area contributed by atoms with Gasteiger partial charge >= 0.3 is 0 Å². The zero-order valence-electron chi connectivity index (χ0n) is 13.0. The second-order valence-electron chi connectivity index (χ2n) is 6.06. The Bertz CT molecular complexity index is 626. The molecule has 0 saturated heterocycles. The molecule has 0 aliphatic carbocycles. The summed E-state index contributed by atoms with van der Waals surface area (Å²) in [7, 11) is 1.84. The molecule has 0 spiro atoms. The number of rotatable bonds is 5. The van der Waals surface area contributed by atoms with E-state index in [1.165, 1.54) is 0 Å². The van der Waals surface area contributed by atoms with Crippen LogP contribution in [0.15, 0.2) is 12.4 Å². The van der Waals surface area contributed by atoms with E-state index >= 15 is 0 Å². The molecule has 7 nitrogen and oxygen atoms in total. The molecule has 0 aliphatic heterocycles. The van der Waals surface area contributed by atoms with Crippen LogP contribution in [0.3, 0.4) is 0 Å². The van der Waals surface area contributed by atoms with Gasteiger partial charge in [-0.15, -0.1) is 16.6 Å². The lowest BCUT2D eigenvalue weighted by atomic mass is 10.1. The zero-order chi connectivity index (χ0) is 15.5. The Kier molecular flexibility index (Phi) is 4.38. The lowest BCUT2D eigenvalue weighted by Crippen LogP contribution is -2.24. The molecule has 21 heavy (non-hydrogen) atoms. The topological polar surface area (TPSA) is 64.7 Å². The first-order chi connectivity index (χ1) is 9.88. The van der Waals surface area contributed by atoms with Gasteiger partial charge < -0.3 is 0 Å². The van der Waals surface area contributed by atoms with Crippen LogP contribution in [0.2, 0.25) is 0 Å². The zero-order valence-corrected chi connectivity index (χ0v) is 13.0. The number of terminal acetylenes is 1. The third-order valence-corrected chi connectivity index (χ3v) is 2.96. The summed E-state index contributed by atoms with van der Waals surface area (Å²) in [6.07, 6.45) is 9.29. The van der Waals surface area contributed by atoms with Crippen molar-refractivity contribution in [3.05, 3.63) is 23.8 Å². The number of hydrogen-bond donors (Lipinski definition) is 0. The molecule has 112 valence electrons. The maximum absolute atomic E-state index is 5.44. The Labute approximate surface area is 124 Å². The fourth-order valence-corrected chi connectivity index (χ4v) is 1.92. The van der Waals surface area contributed by atoms with E-state index in [-0.39, 0.29) is 5.54 Å². The molecule has 2 rings (SSSR count). The van der Waals surface area contributed by atoms with E-state index in [9.17, 15) is 0 Å². The molecule has 0 fully saturated rings. The molecule has 0 radical (unpaired) electrons. The quantitative estimate of drug-likeness (QED) is 0.761. The highest BCUT2D eigenvalue weighted by atomic mass is 15.4. The van der Waals surface area contributed by atoms with E-state index < -0.39 is 0 Å². The summed E-state index contributed by atoms with van der Waals surface area (Å²) in [4.78, 5) is 2.08. The molecule has 2 aromatic rings. The summed E-state index contributed by atoms with van der Waals surface area (Å²) in [5, 5.41) is 16.4. The van der Waals surface area contributed by atoms with Crippen LogP contribution in [0.25, 0.3) is 0 Å². The molecule has 7 heteroatoms. The van der Waals surface area contributed by atoms with Crippen LogP contribution >= 0.6 is 0 Å². The first kappa shape index (κ1) is 15.2. The van der Waals surface area contributed by atoms with Crippen molar-refractivity contribution in [1.82, 2.24) is 34.9 Å². The predicted molar refractivity (Wildman–Crippen MR) is 79.0 cm³/mol. The molecule has 0 aliphatic rings. The predicted octanol–water partition coefficient (Wildman–Crippen LogP) is 0.797. The smallest absolute Gasteiger partial charge is 0.0967 e. The second kappa shape index (κ2) is 6.06. The number of hydrogen-bond acceptors (Lipinski definition) is 5. The Morgan fingerprint density at radius 2 is 1.76 bits per heavy atom. The van der Waals surface area contributed by atoms with Crippen LogP contribution in [-0.2, 0) is 25.7 Å². The summed E-state index contributed by atoms with van der Waals surface area (Å²) < 4.78 is 3.54. The minimum atomic E-state index is -0.0763. The fourth-order valence-electron chi connectivity index (χ4n) is 1.92. The van der Waals surface area contributed by atoms with E-state index in [0.717, 1.165) is 11.4 Å². The molecule has 0 amide bonds. The minimum absolute atomic E-state index is 0.0763. The highest BCUT2D eigenvalue weighted by molar-refractivity contribution is 5.00. The van der Waals surface area contributed by atoms with Gasteiger partial charge in [-0.3, -0.25) is 9.58 Å². The Morgan fingerprint density at radius 1 is 1.14 bits per heavy atom. The van der Waals surface area contributed by atoms with Crippen molar-refractivity contribution in [2.75, 3.05) is 6.54 Å². The molecule has 0 saturated carbocycles. The van der Waals surface area contributed by atoms with Crippen LogP contribution in [-0.4, -0.2) is 41.4 Å². The van der Waals surface area contributed by atoms with Crippen molar-refractivity contribution in [2.24, 2.45) is 7.05 Å². The van der Waals surface area contributed by atoms with Gasteiger partial charge in [0.15, 0.2) is 0 Å². The minimum Gasteiger partial charge on any atom is -0.280 e. The van der Waals surface area contributed by atoms with E-state index in [0.29, 0.717) is 19.6 Å². The first-order valence-corrected chi connectivity index (χ1v) is 6.81. The Morgan fingerprint density at radius 3 is 2.24 bits per heavy atom. The van der Waals surface area contributed by atoms with Crippen molar-refractivity contribution < 1.29 is 0 Å². The molecule has 2 aromatic heterocycles. The highest BCUT2D eigenvalue weighted by Crippen LogP contribution is 2.13. The van der Waals surface area contributed by atoms with Crippen molar-refractivity contribution in [1.29, 1.82) is 0 Å². The summed E-state index contributed by atoms with van der Waals surface area (Å²) in [5.74, 6) is 2.67. The SMILES string of the molecule is C#CCN(Cc1cn(C)nn1)Cc1cn(C(C)(C)C)nn1. The van der Waals surface area contributed by atoms with Crippen molar-refractivity contribution >= 4 is 0 Å². The molecule has 0 unspecified atom stereocenters. The van der Waals surface area contributed by atoms with Gasteiger partial charge in [0.05, 0.1) is 29.7 Å². The van der Waals surface area contributed by atoms with Gasteiger partial charge in [0.25, 0.3) is 0 Å². The monoisotopic (exact) mass is 287 g/mol. The summed E-state index contributed by atoms with van der Waals surface area (Å²) in [6.45, 7) is 8.06. The maximum atomic E-state index is 5.44. The van der Waals surface area contributed by atoms with Gasteiger partial charge in [0, 0.05) is 26.3 Å². The first-order valence-electron chi connectivity index (χ1n) is 6.81. The lowest BCUT2D eigenvalue weighted by Gasteiger charge is -2.18. The van der Waals surface area contributed by atoms with Gasteiger partial charge in [0.2, 0.25) is 0 Å². The van der Waals surface area contributed by atoms with Gasteiger partial charge in [-0.2, -0.15) is 0 Å². The largest absolute Gasteiger partial charge is 0.280 e. The number of aromatic nitrogens is 6. The summed E-state index contributed by atoms with van der Waals surface area (Å²) >= 11 is 0. The molecule has 2 heterocycles. The molecule has 0 aromatic carbocycles. The van der Waals surface area contributed by atoms with Gasteiger partial charge in [-0.05, 0) is 20.8 Å². The van der Waals surface area contributed by atoms with Crippen LogP contribution in [0.5, 0.6) is 0 Å². The number of aryl methyl sites for hydroxylation is 1. The van der Waals surface area contributed by atoms with Gasteiger partial charge in [0.1, 0.15) is 0 Å². The molecule has 0 N–H and O–H groups in total. The normalized spacial score (nSPS) is 11.8. The van der Waals surface area contributed by atoms with E-state index in [1.807, 2.05) is 24.1 Å². The second-order valence-corrected chi connectivity index (χ2v) is 6.06. The summed E-state index contributed by atoms with van der Waals surface area (Å²) in [5.41, 5.74) is 1.70. The average molecular weight is 287 g/mol. The van der Waals surface area contributed by atoms with Crippen LogP contribution in [0.4, 0.5) is 0 Å². The van der Waals surface area contributed by atoms with Crippen molar-refractivity contribution in [3.63, 3.8) is 0 Å². The molecular weight excluding hydrogens is 266 g/mol. The highest BCUT2D eigenvalue weighted by Gasteiger charge is 2.16. The standard InChI is InChI=1S/C14H21N7/c1-6-7-20(9-12-8-19(5)17-15-12)10-13-11-21(18-16-13)14(2,3)4/h1,8,11H,7,9-10H2,2-5H3. The number of nitrogens with zero attached hydrogens (tertiary/aromatic N) is 7. The average Bonchev–Trinajstić information content (AvgIpc) is 2.98. The Hall–Kier alpha value is -2.20. The fraction of sp³-hybridized carbons (Fsp3) is 0.571.